The molecular formula is C36H44FN5O5. The van der Waals surface area contributed by atoms with Gasteiger partial charge < -0.3 is 29.6 Å². The number of methoxy groups -OCH3 is 1. The van der Waals surface area contributed by atoms with Crippen LogP contribution >= 0.6 is 0 Å². The maximum Gasteiger partial charge on any atom is 0.337 e. The molecule has 2 aromatic heterocycles. The monoisotopic (exact) mass is 645 g/mol. The number of fused-ring (bicyclic) bond motifs is 1. The number of hydrogen-bond acceptors (Lipinski definition) is 8. The Hall–Kier alpha value is -4.35. The van der Waals surface area contributed by atoms with E-state index in [1.807, 2.05) is 51.1 Å². The Morgan fingerprint density at radius 3 is 2.43 bits per heavy atom. The van der Waals surface area contributed by atoms with E-state index in [9.17, 15) is 14.3 Å². The minimum absolute atomic E-state index is 0.282. The van der Waals surface area contributed by atoms with Crippen molar-refractivity contribution in [1.29, 1.82) is 5.41 Å². The van der Waals surface area contributed by atoms with Crippen molar-refractivity contribution in [2.45, 2.75) is 84.7 Å². The Kier molecular flexibility index (Phi) is 9.43. The molecule has 0 radical (unpaired) electrons. The number of carbonyl (C=O) groups is 1. The zero-order chi connectivity index (χ0) is 34.3. The molecule has 0 aliphatic carbocycles. The van der Waals surface area contributed by atoms with Crippen LogP contribution in [0.15, 0.2) is 42.5 Å². The number of piperidine rings is 1. The maximum atomic E-state index is 14.8. The van der Waals surface area contributed by atoms with Crippen LogP contribution in [0.5, 0.6) is 5.75 Å². The SMILES string of the molecule is COC1(C)CCN(c2c(C(OC(C)(C)C)C(=O)O)c(C)nc3cc(-c4cccc(-c5cc(F)c(C)cc5OC(C)C=N)c4)nn23)CC1. The molecule has 2 unspecified atom stereocenters. The van der Waals surface area contributed by atoms with Crippen molar-refractivity contribution in [1.82, 2.24) is 14.6 Å². The second-order valence-corrected chi connectivity index (χ2v) is 13.5. The van der Waals surface area contributed by atoms with E-state index >= 15 is 0 Å². The number of aliphatic carboxylic acids is 1. The number of ether oxygens (including phenoxy) is 3. The third-order valence-electron chi connectivity index (χ3n) is 8.65. The number of carboxylic acids is 1. The molecule has 5 rings (SSSR count). The Morgan fingerprint density at radius 2 is 1.81 bits per heavy atom. The van der Waals surface area contributed by atoms with Crippen molar-refractivity contribution in [2.24, 2.45) is 0 Å². The number of carboxylic acid groups (broad SMARTS) is 1. The Bertz CT molecular complexity index is 1810. The summed E-state index contributed by atoms with van der Waals surface area (Å²) >= 11 is 0. The van der Waals surface area contributed by atoms with E-state index in [1.54, 1.807) is 38.5 Å². The Morgan fingerprint density at radius 1 is 1.13 bits per heavy atom. The first kappa shape index (κ1) is 34.0. The number of aromatic nitrogens is 3. The molecule has 47 heavy (non-hydrogen) atoms. The number of hydrogen-bond donors (Lipinski definition) is 2. The highest BCUT2D eigenvalue weighted by atomic mass is 19.1. The van der Waals surface area contributed by atoms with Crippen molar-refractivity contribution >= 4 is 23.6 Å². The van der Waals surface area contributed by atoms with Crippen molar-refractivity contribution in [3.8, 4) is 28.1 Å². The first-order valence-electron chi connectivity index (χ1n) is 15.8. The van der Waals surface area contributed by atoms with E-state index in [2.05, 4.69) is 11.8 Å². The van der Waals surface area contributed by atoms with Gasteiger partial charge in [0.25, 0.3) is 0 Å². The van der Waals surface area contributed by atoms with Crippen molar-refractivity contribution in [2.75, 3.05) is 25.1 Å². The first-order chi connectivity index (χ1) is 22.1. The lowest BCUT2D eigenvalue weighted by Crippen LogP contribution is -2.45. The van der Waals surface area contributed by atoms with E-state index in [-0.39, 0.29) is 11.4 Å². The van der Waals surface area contributed by atoms with Crippen molar-refractivity contribution < 1.29 is 28.5 Å². The number of aryl methyl sites for hydroxylation is 2. The Balaban J connectivity index is 1.67. The summed E-state index contributed by atoms with van der Waals surface area (Å²) in [5.74, 6) is -0.365. The highest BCUT2D eigenvalue weighted by molar-refractivity contribution is 5.80. The summed E-state index contributed by atoms with van der Waals surface area (Å²) in [7, 11) is 1.72. The van der Waals surface area contributed by atoms with E-state index in [0.29, 0.717) is 58.4 Å². The fraction of sp³-hybridized carbons (Fsp3) is 0.444. The van der Waals surface area contributed by atoms with Crippen LogP contribution in [-0.4, -0.2) is 69.4 Å². The fourth-order valence-corrected chi connectivity index (χ4v) is 5.91. The summed E-state index contributed by atoms with van der Waals surface area (Å²) in [5, 5.41) is 23.0. The quantitative estimate of drug-likeness (QED) is 0.174. The van der Waals surface area contributed by atoms with Crippen LogP contribution in [0.3, 0.4) is 0 Å². The topological polar surface area (TPSA) is 122 Å². The van der Waals surface area contributed by atoms with Gasteiger partial charge >= 0.3 is 5.97 Å². The lowest BCUT2D eigenvalue weighted by Gasteiger charge is -2.40. The summed E-state index contributed by atoms with van der Waals surface area (Å²) in [6, 6.07) is 12.5. The van der Waals surface area contributed by atoms with Gasteiger partial charge in [0.2, 0.25) is 0 Å². The molecule has 1 aliphatic heterocycles. The number of anilines is 1. The van der Waals surface area contributed by atoms with Crippen LogP contribution in [-0.2, 0) is 14.3 Å². The smallest absolute Gasteiger partial charge is 0.337 e. The molecular weight excluding hydrogens is 601 g/mol. The summed E-state index contributed by atoms with van der Waals surface area (Å²) in [6.07, 6.45) is 0.917. The number of nitrogens with one attached hydrogen (secondary N) is 1. The predicted molar refractivity (Wildman–Crippen MR) is 180 cm³/mol. The zero-order valence-electron chi connectivity index (χ0n) is 28.3. The second-order valence-electron chi connectivity index (χ2n) is 13.5. The molecule has 250 valence electrons. The second kappa shape index (κ2) is 13.0. The molecule has 1 fully saturated rings. The molecule has 2 aromatic carbocycles. The third-order valence-corrected chi connectivity index (χ3v) is 8.65. The molecule has 1 aliphatic rings. The van der Waals surface area contributed by atoms with Gasteiger partial charge in [0.15, 0.2) is 11.8 Å². The van der Waals surface area contributed by atoms with Crippen LogP contribution in [0.2, 0.25) is 0 Å². The summed E-state index contributed by atoms with van der Waals surface area (Å²) in [6.45, 7) is 14.1. The molecule has 10 nitrogen and oxygen atoms in total. The number of rotatable bonds is 10. The van der Waals surface area contributed by atoms with Crippen molar-refractivity contribution in [3.05, 3.63) is 65.1 Å². The average molecular weight is 646 g/mol. The predicted octanol–water partition coefficient (Wildman–Crippen LogP) is 7.18. The molecule has 11 heteroatoms. The fourth-order valence-electron chi connectivity index (χ4n) is 5.91. The van der Waals surface area contributed by atoms with Gasteiger partial charge in [-0.2, -0.15) is 9.61 Å². The van der Waals surface area contributed by atoms with E-state index in [0.717, 1.165) is 24.0 Å². The minimum Gasteiger partial charge on any atom is -0.484 e. The van der Waals surface area contributed by atoms with Gasteiger partial charge in [0, 0.05) is 49.3 Å². The van der Waals surface area contributed by atoms with E-state index < -0.39 is 23.8 Å². The molecule has 0 saturated carbocycles. The van der Waals surface area contributed by atoms with Gasteiger partial charge in [-0.25, -0.2) is 14.2 Å². The zero-order valence-corrected chi connectivity index (χ0v) is 28.3. The van der Waals surface area contributed by atoms with Crippen LogP contribution in [0, 0.1) is 25.1 Å². The highest BCUT2D eigenvalue weighted by Gasteiger charge is 2.37. The van der Waals surface area contributed by atoms with E-state index in [1.165, 1.54) is 12.3 Å². The minimum atomic E-state index is -1.27. The molecule has 0 bridgehead atoms. The maximum absolute atomic E-state index is 14.8. The molecule has 0 amide bonds. The summed E-state index contributed by atoms with van der Waals surface area (Å²) in [5.41, 5.74) is 3.64. The summed E-state index contributed by atoms with van der Waals surface area (Å²) in [4.78, 5) is 19.7. The van der Waals surface area contributed by atoms with Gasteiger partial charge in [-0.1, -0.05) is 18.2 Å². The van der Waals surface area contributed by atoms with Gasteiger partial charge in [-0.05, 0) is 90.6 Å². The lowest BCUT2D eigenvalue weighted by molar-refractivity contribution is -0.160. The third kappa shape index (κ3) is 7.16. The van der Waals surface area contributed by atoms with Gasteiger partial charge in [-0.3, -0.25) is 0 Å². The largest absolute Gasteiger partial charge is 0.484 e. The average Bonchev–Trinajstić information content (AvgIpc) is 3.44. The van der Waals surface area contributed by atoms with Gasteiger partial charge in [0.1, 0.15) is 23.5 Å². The normalized spacial score (nSPS) is 16.2. The summed E-state index contributed by atoms with van der Waals surface area (Å²) < 4.78 is 34.5. The number of nitrogens with zero attached hydrogens (tertiary/aromatic N) is 4. The number of benzene rings is 2. The molecule has 0 spiro atoms. The van der Waals surface area contributed by atoms with Gasteiger partial charge in [0.05, 0.1) is 22.5 Å². The molecule has 3 heterocycles. The van der Waals surface area contributed by atoms with Crippen LogP contribution in [0.25, 0.3) is 28.0 Å². The van der Waals surface area contributed by atoms with Crippen LogP contribution < -0.4 is 9.64 Å². The van der Waals surface area contributed by atoms with Crippen LogP contribution in [0.1, 0.15) is 70.4 Å². The van der Waals surface area contributed by atoms with Crippen LogP contribution in [0.4, 0.5) is 10.2 Å². The Labute approximate surface area is 275 Å². The first-order valence-corrected chi connectivity index (χ1v) is 15.8. The molecule has 2 N–H and O–H groups in total. The molecule has 2 atom stereocenters. The van der Waals surface area contributed by atoms with E-state index in [4.69, 9.17) is 29.7 Å². The standard InChI is InChI=1S/C36H44FN5O5/c1-21-16-29(46-22(2)20-38)26(18-27(21)37)24-10-9-11-25(17-24)28-19-30-39-23(3)31(32(34(43)44)47-35(4,5)6)33(42(30)40-28)41-14-12-36(7,45-8)13-15-41/h9-11,16-20,22,32,38H,12-15H2,1-8H3,(H,43,44). The number of halogens is 1. The molecule has 1 saturated heterocycles. The lowest BCUT2D eigenvalue weighted by atomic mass is 9.93. The van der Waals surface area contributed by atoms with Crippen molar-refractivity contribution in [3.63, 3.8) is 0 Å². The highest BCUT2D eigenvalue weighted by Crippen LogP contribution is 2.39. The van der Waals surface area contributed by atoms with Gasteiger partial charge in [-0.15, -0.1) is 0 Å². The molecule has 4 aromatic rings.